The van der Waals surface area contributed by atoms with E-state index < -0.39 is 42.3 Å². The molecule has 1 aliphatic heterocycles. The summed E-state index contributed by atoms with van der Waals surface area (Å²) >= 11 is 6.00. The summed E-state index contributed by atoms with van der Waals surface area (Å²) in [5, 5.41) is 14.6. The number of rotatable bonds is 10. The van der Waals surface area contributed by atoms with Gasteiger partial charge in [0.05, 0.1) is 30.4 Å². The number of carbonyl (C=O) groups is 2. The van der Waals surface area contributed by atoms with Gasteiger partial charge in [0.1, 0.15) is 11.8 Å². The molecule has 0 spiro atoms. The maximum Gasteiger partial charge on any atom is 0.481 e. The van der Waals surface area contributed by atoms with Crippen LogP contribution in [0.3, 0.4) is 0 Å². The van der Waals surface area contributed by atoms with Crippen LogP contribution in [0.25, 0.3) is 0 Å². The fourth-order valence-electron chi connectivity index (χ4n) is 3.18. The molecule has 0 aliphatic carbocycles. The van der Waals surface area contributed by atoms with E-state index in [-0.39, 0.29) is 13.2 Å². The van der Waals surface area contributed by atoms with Gasteiger partial charge >= 0.3 is 13.2 Å². The molecular weight excluding hydrogens is 439 g/mol. The minimum absolute atomic E-state index is 0.116. The number of halogens is 1. The Labute approximate surface area is 194 Å². The van der Waals surface area contributed by atoms with Gasteiger partial charge in [0, 0.05) is 18.6 Å². The van der Waals surface area contributed by atoms with Crippen LogP contribution >= 0.6 is 11.6 Å². The standard InChI is InChI=1S/C21H32BClN2O7/c1-13-11-14(23)7-8-16(13)30-10-9-17(22-31-20(2,3)21(4,5)32-22)25-18(26)15(12-29-6)24-19(27)28/h7-8,11,15,17,24H,9-10,12H2,1-6H3,(H,25,26)(H,27,28)/t15?,17-/m0/s1. The first-order chi connectivity index (χ1) is 14.9. The fraction of sp³-hybridized carbons (Fsp3) is 0.619. The molecule has 9 nitrogen and oxygen atoms in total. The predicted octanol–water partition coefficient (Wildman–Crippen LogP) is 2.82. The Kier molecular flexibility index (Phi) is 8.81. The third-order valence-electron chi connectivity index (χ3n) is 5.70. The molecule has 1 fully saturated rings. The zero-order chi connectivity index (χ0) is 24.1. The third kappa shape index (κ3) is 6.75. The Morgan fingerprint density at radius 3 is 2.34 bits per heavy atom. The van der Waals surface area contributed by atoms with E-state index in [1.807, 2.05) is 34.6 Å². The van der Waals surface area contributed by atoms with Crippen LogP contribution in [0.2, 0.25) is 5.02 Å². The van der Waals surface area contributed by atoms with Gasteiger partial charge in [-0.25, -0.2) is 4.79 Å². The maximum absolute atomic E-state index is 12.8. The first kappa shape index (κ1) is 26.2. The van der Waals surface area contributed by atoms with E-state index in [9.17, 15) is 9.59 Å². The Morgan fingerprint density at radius 2 is 1.81 bits per heavy atom. The monoisotopic (exact) mass is 470 g/mol. The smallest absolute Gasteiger partial charge is 0.481 e. The quantitative estimate of drug-likeness (QED) is 0.450. The summed E-state index contributed by atoms with van der Waals surface area (Å²) in [6.45, 7) is 9.70. The summed E-state index contributed by atoms with van der Waals surface area (Å²) in [6.07, 6.45) is -0.965. The van der Waals surface area contributed by atoms with E-state index >= 15 is 0 Å². The lowest BCUT2D eigenvalue weighted by Gasteiger charge is -2.32. The van der Waals surface area contributed by atoms with Crippen molar-refractivity contribution in [2.24, 2.45) is 0 Å². The number of amides is 2. The van der Waals surface area contributed by atoms with Crippen LogP contribution in [-0.4, -0.2) is 67.7 Å². The Balaban J connectivity index is 2.13. The molecule has 0 saturated carbocycles. The summed E-state index contributed by atoms with van der Waals surface area (Å²) in [5.41, 5.74) is -0.307. The van der Waals surface area contributed by atoms with Crippen molar-refractivity contribution >= 4 is 30.7 Å². The number of carboxylic acid groups (broad SMARTS) is 1. The molecule has 1 saturated heterocycles. The lowest BCUT2D eigenvalue weighted by Crippen LogP contribution is -2.56. The minimum atomic E-state index is -1.32. The zero-order valence-electron chi connectivity index (χ0n) is 19.4. The van der Waals surface area contributed by atoms with Crippen LogP contribution in [0.4, 0.5) is 4.79 Å². The van der Waals surface area contributed by atoms with Gasteiger partial charge in [-0.15, -0.1) is 0 Å². The number of hydrogen-bond donors (Lipinski definition) is 3. The van der Waals surface area contributed by atoms with Crippen molar-refractivity contribution in [1.82, 2.24) is 10.6 Å². The zero-order valence-corrected chi connectivity index (χ0v) is 20.1. The highest BCUT2D eigenvalue weighted by atomic mass is 35.5. The second kappa shape index (κ2) is 10.7. The lowest BCUT2D eigenvalue weighted by atomic mass is 9.76. The van der Waals surface area contributed by atoms with E-state index in [1.54, 1.807) is 18.2 Å². The van der Waals surface area contributed by atoms with Crippen LogP contribution < -0.4 is 15.4 Å². The summed E-state index contributed by atoms with van der Waals surface area (Å²) in [7, 11) is 0.643. The van der Waals surface area contributed by atoms with Gasteiger partial charge in [0.15, 0.2) is 0 Å². The van der Waals surface area contributed by atoms with Gasteiger partial charge in [0.2, 0.25) is 5.91 Å². The number of hydrogen-bond acceptors (Lipinski definition) is 6. The predicted molar refractivity (Wildman–Crippen MR) is 121 cm³/mol. The van der Waals surface area contributed by atoms with Crippen LogP contribution in [0.15, 0.2) is 18.2 Å². The molecule has 2 rings (SSSR count). The molecule has 2 atom stereocenters. The van der Waals surface area contributed by atoms with Gasteiger partial charge in [-0.3, -0.25) is 4.79 Å². The molecule has 1 unspecified atom stereocenters. The molecule has 1 heterocycles. The number of aryl methyl sites for hydroxylation is 1. The Hall–Kier alpha value is -2.01. The topological polar surface area (TPSA) is 115 Å². The summed E-state index contributed by atoms with van der Waals surface area (Å²) in [6, 6.07) is 4.24. The van der Waals surface area contributed by atoms with Crippen molar-refractivity contribution in [3.8, 4) is 5.75 Å². The number of nitrogens with one attached hydrogen (secondary N) is 2. The lowest BCUT2D eigenvalue weighted by molar-refractivity contribution is -0.124. The first-order valence-electron chi connectivity index (χ1n) is 10.4. The maximum atomic E-state index is 12.8. The highest BCUT2D eigenvalue weighted by Crippen LogP contribution is 2.38. The van der Waals surface area contributed by atoms with Gasteiger partial charge in [-0.2, -0.15) is 0 Å². The number of ether oxygens (including phenoxy) is 2. The average Bonchev–Trinajstić information content (AvgIpc) is 2.89. The van der Waals surface area contributed by atoms with Crippen LogP contribution in [-0.2, 0) is 18.8 Å². The molecule has 2 amide bonds. The molecule has 1 aliphatic rings. The van der Waals surface area contributed by atoms with Gasteiger partial charge in [-0.05, 0) is 58.4 Å². The Morgan fingerprint density at radius 1 is 1.19 bits per heavy atom. The second-order valence-corrected chi connectivity index (χ2v) is 9.18. The van der Waals surface area contributed by atoms with Crippen molar-refractivity contribution in [3.05, 3.63) is 28.8 Å². The molecule has 11 heteroatoms. The van der Waals surface area contributed by atoms with Crippen LogP contribution in [0.1, 0.15) is 39.7 Å². The highest BCUT2D eigenvalue weighted by Gasteiger charge is 2.54. The molecule has 32 heavy (non-hydrogen) atoms. The van der Waals surface area contributed by atoms with Gasteiger partial charge in [0.25, 0.3) is 0 Å². The number of carbonyl (C=O) groups excluding carboxylic acids is 1. The molecule has 0 aromatic heterocycles. The van der Waals surface area contributed by atoms with E-state index in [0.717, 1.165) is 5.56 Å². The van der Waals surface area contributed by atoms with Crippen molar-refractivity contribution < 1.29 is 33.5 Å². The van der Waals surface area contributed by atoms with E-state index in [4.69, 9.17) is 35.5 Å². The largest absolute Gasteiger partial charge is 0.493 e. The van der Waals surface area contributed by atoms with E-state index in [2.05, 4.69) is 10.6 Å². The molecular formula is C21H32BClN2O7. The highest BCUT2D eigenvalue weighted by molar-refractivity contribution is 6.48. The number of methoxy groups -OCH3 is 1. The summed E-state index contributed by atoms with van der Waals surface area (Å²) in [4.78, 5) is 23.9. The third-order valence-corrected chi connectivity index (χ3v) is 5.93. The van der Waals surface area contributed by atoms with Crippen molar-refractivity contribution in [1.29, 1.82) is 0 Å². The van der Waals surface area contributed by atoms with Crippen LogP contribution in [0, 0.1) is 6.92 Å². The fourth-order valence-corrected chi connectivity index (χ4v) is 3.41. The van der Waals surface area contributed by atoms with E-state index in [1.165, 1.54) is 7.11 Å². The average molecular weight is 471 g/mol. The van der Waals surface area contributed by atoms with Crippen molar-refractivity contribution in [3.63, 3.8) is 0 Å². The molecule has 3 N–H and O–H groups in total. The van der Waals surface area contributed by atoms with Gasteiger partial charge < -0.3 is 34.5 Å². The summed E-state index contributed by atoms with van der Waals surface area (Å²) in [5.74, 6) is -0.457. The molecule has 178 valence electrons. The van der Waals surface area contributed by atoms with Gasteiger partial charge in [-0.1, -0.05) is 11.6 Å². The minimum Gasteiger partial charge on any atom is -0.493 e. The number of benzene rings is 1. The van der Waals surface area contributed by atoms with Crippen LogP contribution in [0.5, 0.6) is 5.75 Å². The normalized spacial score (nSPS) is 18.7. The van der Waals surface area contributed by atoms with Crippen molar-refractivity contribution in [2.75, 3.05) is 20.3 Å². The molecule has 1 aromatic carbocycles. The molecule has 0 radical (unpaired) electrons. The first-order valence-corrected chi connectivity index (χ1v) is 10.8. The van der Waals surface area contributed by atoms with E-state index in [0.29, 0.717) is 17.2 Å². The molecule has 1 aromatic rings. The Bertz CT molecular complexity index is 805. The van der Waals surface area contributed by atoms with Crippen molar-refractivity contribution in [2.45, 2.75) is 64.2 Å². The summed E-state index contributed by atoms with van der Waals surface area (Å²) < 4.78 is 23.1. The second-order valence-electron chi connectivity index (χ2n) is 8.74. The molecule has 0 bridgehead atoms. The SMILES string of the molecule is COCC(NC(=O)O)C(=O)N[C@@H](CCOc1ccc(Cl)cc1C)B1OC(C)(C)C(C)(C)O1.